The number of hydrogen-bond acceptors (Lipinski definition) is 9. The fourth-order valence-electron chi connectivity index (χ4n) is 5.91. The molecule has 2 rings (SSSR count). The summed E-state index contributed by atoms with van der Waals surface area (Å²) in [5, 5.41) is 37.7. The van der Waals surface area contributed by atoms with Crippen LogP contribution in [0.15, 0.2) is 72.4 Å². The van der Waals surface area contributed by atoms with Crippen molar-refractivity contribution in [3.63, 3.8) is 0 Å². The molecule has 322 valence electrons. The van der Waals surface area contributed by atoms with Crippen LogP contribution in [0.2, 0.25) is 0 Å². The van der Waals surface area contributed by atoms with E-state index in [9.17, 15) is 48.6 Å². The summed E-state index contributed by atoms with van der Waals surface area (Å²) in [5.41, 5.74) is 1.03. The molecule has 0 aliphatic carbocycles. The summed E-state index contributed by atoms with van der Waals surface area (Å²) in [4.78, 5) is 105. The van der Waals surface area contributed by atoms with Crippen molar-refractivity contribution < 1.29 is 48.6 Å². The molecule has 0 saturated heterocycles. The van der Waals surface area contributed by atoms with E-state index in [1.807, 2.05) is 19.9 Å². The Bertz CT molecular complexity index is 1800. The Morgan fingerprint density at radius 2 is 1.02 bits per heavy atom. The molecule has 0 fully saturated rings. The molecule has 59 heavy (non-hydrogen) atoms. The Morgan fingerprint density at radius 3 is 1.46 bits per heavy atom. The molecule has 0 bridgehead atoms. The summed E-state index contributed by atoms with van der Waals surface area (Å²) < 4.78 is 0. The van der Waals surface area contributed by atoms with Gasteiger partial charge < -0.3 is 47.4 Å². The zero-order valence-electron chi connectivity index (χ0n) is 34.8. The predicted molar refractivity (Wildman–Crippen MR) is 219 cm³/mol. The Labute approximate surface area is 344 Å². The van der Waals surface area contributed by atoms with Gasteiger partial charge in [0.2, 0.25) is 41.4 Å². The van der Waals surface area contributed by atoms with Gasteiger partial charge in [-0.1, -0.05) is 94.4 Å². The number of carboxylic acids is 1. The molecular weight excluding hydrogens is 763 g/mol. The van der Waals surface area contributed by atoms with Gasteiger partial charge in [0.05, 0.1) is 6.10 Å². The fourth-order valence-corrected chi connectivity index (χ4v) is 5.91. The molecule has 0 aromatic heterocycles. The van der Waals surface area contributed by atoms with Gasteiger partial charge >= 0.3 is 5.97 Å². The third-order valence-corrected chi connectivity index (χ3v) is 9.07. The minimum atomic E-state index is -1.62. The summed E-state index contributed by atoms with van der Waals surface area (Å²) in [5.74, 6) is -7.20. The fraction of sp³-hybridized carbons (Fsp3) is 0.476. The van der Waals surface area contributed by atoms with Crippen molar-refractivity contribution in [1.29, 1.82) is 0 Å². The van der Waals surface area contributed by atoms with Crippen molar-refractivity contribution >= 4 is 47.3 Å². The highest BCUT2D eigenvalue weighted by Gasteiger charge is 2.35. The zero-order valence-corrected chi connectivity index (χ0v) is 34.8. The van der Waals surface area contributed by atoms with Gasteiger partial charge in [0.15, 0.2) is 0 Å². The number of carbonyl (C=O) groups excluding carboxylic acids is 7. The number of benzene rings is 2. The molecule has 0 radical (unpaired) electrons. The molecule has 0 aliphatic heterocycles. The monoisotopic (exact) mass is 821 g/mol. The lowest BCUT2D eigenvalue weighted by molar-refractivity contribution is -0.137. The van der Waals surface area contributed by atoms with E-state index in [1.165, 1.54) is 33.8 Å². The molecular formula is C42H59N7O10. The quantitative estimate of drug-likeness (QED) is 0.0748. The smallest absolute Gasteiger partial charge is 0.352 e. The molecule has 7 amide bonds. The van der Waals surface area contributed by atoms with Crippen molar-refractivity contribution in [2.24, 2.45) is 11.8 Å². The second kappa shape index (κ2) is 24.0. The van der Waals surface area contributed by atoms with Gasteiger partial charge in [-0.25, -0.2) is 4.79 Å². The lowest BCUT2D eigenvalue weighted by Crippen LogP contribution is -2.62. The third kappa shape index (κ3) is 16.7. The Morgan fingerprint density at radius 1 is 0.576 bits per heavy atom. The highest BCUT2D eigenvalue weighted by atomic mass is 16.4. The average Bonchev–Trinajstić information content (AvgIpc) is 3.16. The third-order valence-electron chi connectivity index (χ3n) is 9.07. The van der Waals surface area contributed by atoms with Crippen LogP contribution < -0.4 is 37.2 Å². The summed E-state index contributed by atoms with van der Waals surface area (Å²) in [6, 6.07) is 10.2. The maximum Gasteiger partial charge on any atom is 0.352 e. The first-order chi connectivity index (χ1) is 27.7. The van der Waals surface area contributed by atoms with Crippen molar-refractivity contribution in [1.82, 2.24) is 37.2 Å². The number of amides is 7. The molecule has 0 spiro atoms. The SMILES string of the molecule is C/C=C(\NC(=O)[C@H](C)NC(=O)[C@@H](NC(=O)[C@H](NC(=O)[C@H](Cc1ccccc1)NC(=O)[C@@H](CC(C)C)NC(=O)[C@H](Cc1ccccc1)NC(C)=O)[C@@H](C)O)C(C)C)C(=O)O. The number of hydrogen-bond donors (Lipinski definition) is 9. The van der Waals surface area contributed by atoms with Gasteiger partial charge in [0.1, 0.15) is 41.9 Å². The molecule has 9 N–H and O–H groups in total. The van der Waals surface area contributed by atoms with Gasteiger partial charge in [-0.3, -0.25) is 33.6 Å². The second-order valence-electron chi connectivity index (χ2n) is 15.1. The van der Waals surface area contributed by atoms with Gasteiger partial charge in [0, 0.05) is 19.8 Å². The van der Waals surface area contributed by atoms with E-state index < -0.39 is 101 Å². The first-order valence-corrected chi connectivity index (χ1v) is 19.5. The van der Waals surface area contributed by atoms with Crippen molar-refractivity contribution in [3.05, 3.63) is 83.6 Å². The summed E-state index contributed by atoms with van der Waals surface area (Å²) in [7, 11) is 0. The number of aliphatic hydroxyl groups is 1. The van der Waals surface area contributed by atoms with E-state index in [0.717, 1.165) is 5.56 Å². The van der Waals surface area contributed by atoms with E-state index in [4.69, 9.17) is 0 Å². The van der Waals surface area contributed by atoms with Crippen LogP contribution in [0.5, 0.6) is 0 Å². The minimum Gasteiger partial charge on any atom is -0.477 e. The van der Waals surface area contributed by atoms with Crippen LogP contribution in [0.25, 0.3) is 0 Å². The average molecular weight is 822 g/mol. The molecule has 2 aromatic rings. The van der Waals surface area contributed by atoms with Crippen LogP contribution in [-0.4, -0.2) is 99.9 Å². The largest absolute Gasteiger partial charge is 0.477 e. The molecule has 0 aliphatic rings. The summed E-state index contributed by atoms with van der Waals surface area (Å²) in [6.45, 7) is 12.2. The standard InChI is InChI=1S/C42H59N7O10/c1-9-30(42(58)59)45-36(52)25(6)43-40(56)34(24(4)5)48-41(57)35(26(7)50)49-39(55)33(22-29-18-14-11-15-19-29)47-37(53)31(20-23(2)3)46-38(54)32(44-27(8)51)21-28-16-12-10-13-17-28/h9-19,23-26,31-35,50H,20-22H2,1-8H3,(H,43,56)(H,44,51)(H,45,52)(H,46,54)(H,47,53)(H,48,57)(H,49,55)(H,58,59)/b30-9-/t25-,26+,31+,32-,33-,34-,35+/m0/s1. The van der Waals surface area contributed by atoms with E-state index in [1.54, 1.807) is 68.4 Å². The number of aliphatic carboxylic acids is 1. The number of rotatable bonds is 22. The van der Waals surface area contributed by atoms with Gasteiger partial charge in [-0.15, -0.1) is 0 Å². The van der Waals surface area contributed by atoms with E-state index in [-0.39, 0.29) is 25.2 Å². The highest BCUT2D eigenvalue weighted by molar-refractivity contribution is 5.98. The van der Waals surface area contributed by atoms with Crippen molar-refractivity contribution in [2.75, 3.05) is 0 Å². The molecule has 7 atom stereocenters. The second-order valence-corrected chi connectivity index (χ2v) is 15.1. The first-order valence-electron chi connectivity index (χ1n) is 19.5. The Kier molecular flexibility index (Phi) is 19.9. The van der Waals surface area contributed by atoms with Crippen LogP contribution in [0.1, 0.15) is 72.9 Å². The van der Waals surface area contributed by atoms with Crippen LogP contribution in [0, 0.1) is 11.8 Å². The molecule has 2 aromatic carbocycles. The van der Waals surface area contributed by atoms with Gasteiger partial charge in [0.25, 0.3) is 0 Å². The number of nitrogens with one attached hydrogen (secondary N) is 7. The Balaban J connectivity index is 2.33. The normalized spacial score (nSPS) is 14.9. The summed E-state index contributed by atoms with van der Waals surface area (Å²) in [6.07, 6.45) is -0.0468. The van der Waals surface area contributed by atoms with Crippen molar-refractivity contribution in [3.8, 4) is 0 Å². The minimum absolute atomic E-state index is 0.0504. The number of carbonyl (C=O) groups is 8. The zero-order chi connectivity index (χ0) is 44.4. The van der Waals surface area contributed by atoms with Crippen LogP contribution in [0.3, 0.4) is 0 Å². The maximum atomic E-state index is 14.0. The number of allylic oxidation sites excluding steroid dienone is 1. The summed E-state index contributed by atoms with van der Waals surface area (Å²) >= 11 is 0. The van der Waals surface area contributed by atoms with Crippen LogP contribution in [0.4, 0.5) is 0 Å². The number of aliphatic hydroxyl groups excluding tert-OH is 1. The first kappa shape index (κ1) is 49.0. The van der Waals surface area contributed by atoms with E-state index in [0.29, 0.717) is 5.56 Å². The lowest BCUT2D eigenvalue weighted by atomic mass is 9.99. The topological polar surface area (TPSA) is 261 Å². The molecule has 0 heterocycles. The van der Waals surface area contributed by atoms with Crippen LogP contribution in [-0.2, 0) is 51.2 Å². The maximum absolute atomic E-state index is 14.0. The molecule has 17 heteroatoms. The Hall–Kier alpha value is -6.10. The van der Waals surface area contributed by atoms with E-state index >= 15 is 0 Å². The van der Waals surface area contributed by atoms with Gasteiger partial charge in [-0.05, 0) is 50.2 Å². The number of carboxylic acid groups (broad SMARTS) is 1. The molecule has 17 nitrogen and oxygen atoms in total. The predicted octanol–water partition coefficient (Wildman–Crippen LogP) is 0.608. The van der Waals surface area contributed by atoms with Gasteiger partial charge in [-0.2, -0.15) is 0 Å². The van der Waals surface area contributed by atoms with Crippen molar-refractivity contribution in [2.45, 2.75) is 117 Å². The molecule has 0 unspecified atom stereocenters. The lowest BCUT2D eigenvalue weighted by Gasteiger charge is -2.29. The highest BCUT2D eigenvalue weighted by Crippen LogP contribution is 2.11. The molecule has 0 saturated carbocycles. The van der Waals surface area contributed by atoms with E-state index in [2.05, 4.69) is 37.2 Å². The van der Waals surface area contributed by atoms with Crippen LogP contribution >= 0.6 is 0 Å².